The maximum atomic E-state index is 13.0. The molecule has 2 aromatic carbocycles. The summed E-state index contributed by atoms with van der Waals surface area (Å²) in [6, 6.07) is 12.3. The Labute approximate surface area is 243 Å². The van der Waals surface area contributed by atoms with E-state index in [0.29, 0.717) is 17.9 Å². The van der Waals surface area contributed by atoms with Crippen LogP contribution < -0.4 is 10.6 Å². The van der Waals surface area contributed by atoms with Gasteiger partial charge >= 0.3 is 6.18 Å². The molecule has 1 fully saturated rings. The molecule has 1 aliphatic heterocycles. The van der Waals surface area contributed by atoms with E-state index in [1.54, 1.807) is 0 Å². The molecule has 5 rings (SSSR count). The van der Waals surface area contributed by atoms with Crippen molar-refractivity contribution in [2.45, 2.75) is 43.8 Å². The van der Waals surface area contributed by atoms with Crippen LogP contribution in [0.4, 0.5) is 19.0 Å². The van der Waals surface area contributed by atoms with Crippen molar-refractivity contribution in [3.8, 4) is 0 Å². The first-order chi connectivity index (χ1) is 19.0. The third kappa shape index (κ3) is 6.00. The van der Waals surface area contributed by atoms with Gasteiger partial charge in [-0.15, -0.1) is 0 Å². The lowest BCUT2D eigenvalue weighted by molar-refractivity contribution is -0.138. The zero-order chi connectivity index (χ0) is 28.6. The standard InChI is InChI=1S/C25H21ClF3IN6O4/c26-24-34-20(31-9-13-4-2-6-15(30)8-13)16-21(35-24)36(11-33-16)23-18(38)17(37)19(40-23)22(39)32-10-12-3-1-5-14(7-12)25(27,28)29/h1-8,11,17-19,23,37-38H,9-10H2,(H,32,39)(H,31,34,35)/t17-,18+,19-,23+/m0/s1. The van der Waals surface area contributed by atoms with E-state index in [0.717, 1.165) is 21.3 Å². The van der Waals surface area contributed by atoms with E-state index >= 15 is 0 Å². The minimum Gasteiger partial charge on any atom is -0.387 e. The topological polar surface area (TPSA) is 134 Å². The molecule has 15 heteroatoms. The molecule has 210 valence electrons. The minimum atomic E-state index is -4.53. The van der Waals surface area contributed by atoms with Gasteiger partial charge < -0.3 is 25.6 Å². The number of fused-ring (bicyclic) bond motifs is 1. The second-order valence-electron chi connectivity index (χ2n) is 8.99. The van der Waals surface area contributed by atoms with E-state index in [2.05, 4.69) is 48.2 Å². The predicted octanol–water partition coefficient (Wildman–Crippen LogP) is 3.65. The molecular weight excluding hydrogens is 668 g/mol. The van der Waals surface area contributed by atoms with Crippen LogP contribution in [0.5, 0.6) is 0 Å². The zero-order valence-corrected chi connectivity index (χ0v) is 23.2. The smallest absolute Gasteiger partial charge is 0.387 e. The van der Waals surface area contributed by atoms with Crippen LogP contribution >= 0.6 is 34.2 Å². The Morgan fingerprint density at radius 1 is 1.07 bits per heavy atom. The van der Waals surface area contributed by atoms with Crippen molar-refractivity contribution in [2.24, 2.45) is 0 Å². The molecule has 10 nitrogen and oxygen atoms in total. The molecule has 2 aromatic heterocycles. The zero-order valence-electron chi connectivity index (χ0n) is 20.3. The molecule has 0 unspecified atom stereocenters. The molecular formula is C25H21ClF3IN6O4. The number of ether oxygens (including phenoxy) is 1. The molecule has 4 N–H and O–H groups in total. The SMILES string of the molecule is O=C(NCc1cccc(C(F)(F)F)c1)[C@H]1O[C@@H](n2cnc3c(NCc4cccc(I)c4)nc(Cl)nc32)[C@H](O)[C@@H]1O. The second kappa shape index (κ2) is 11.4. The van der Waals surface area contributed by atoms with Crippen molar-refractivity contribution < 1.29 is 32.9 Å². The third-order valence-corrected chi connectivity index (χ3v) is 7.08. The summed E-state index contributed by atoms with van der Waals surface area (Å²) < 4.78 is 47.0. The summed E-state index contributed by atoms with van der Waals surface area (Å²) in [6.45, 7) is 0.171. The van der Waals surface area contributed by atoms with Gasteiger partial charge in [0.25, 0.3) is 5.91 Å². The quantitative estimate of drug-likeness (QED) is 0.171. The lowest BCUT2D eigenvalue weighted by Gasteiger charge is -2.16. The summed E-state index contributed by atoms with van der Waals surface area (Å²) in [6.07, 6.45) is -9.19. The van der Waals surface area contributed by atoms with Crippen molar-refractivity contribution in [1.82, 2.24) is 24.8 Å². The second-order valence-corrected chi connectivity index (χ2v) is 10.6. The number of rotatable bonds is 7. The minimum absolute atomic E-state index is 0.109. The number of carbonyl (C=O) groups excluding carboxylic acids is 1. The van der Waals surface area contributed by atoms with E-state index in [1.807, 2.05) is 24.3 Å². The number of nitrogens with one attached hydrogen (secondary N) is 2. The van der Waals surface area contributed by atoms with Crippen LogP contribution in [0.1, 0.15) is 22.9 Å². The van der Waals surface area contributed by atoms with Crippen molar-refractivity contribution in [2.75, 3.05) is 5.32 Å². The van der Waals surface area contributed by atoms with Gasteiger partial charge in [-0.3, -0.25) is 9.36 Å². The molecule has 4 atom stereocenters. The Bertz CT molecular complexity index is 1550. The number of benzene rings is 2. The Morgan fingerprint density at radius 2 is 1.80 bits per heavy atom. The summed E-state index contributed by atoms with van der Waals surface area (Å²) in [4.78, 5) is 25.5. The highest BCUT2D eigenvalue weighted by Crippen LogP contribution is 2.33. The summed E-state index contributed by atoms with van der Waals surface area (Å²) in [7, 11) is 0. The number of anilines is 1. The molecule has 0 radical (unpaired) electrons. The van der Waals surface area contributed by atoms with Gasteiger partial charge in [0.05, 0.1) is 11.9 Å². The number of hydrogen-bond acceptors (Lipinski definition) is 8. The van der Waals surface area contributed by atoms with Gasteiger partial charge in [-0.1, -0.05) is 24.3 Å². The molecule has 3 heterocycles. The fourth-order valence-corrected chi connectivity index (χ4v) is 5.06. The average molecular weight is 689 g/mol. The Kier molecular flexibility index (Phi) is 8.15. The third-order valence-electron chi connectivity index (χ3n) is 6.24. The molecule has 4 aromatic rings. The van der Waals surface area contributed by atoms with Crippen LogP contribution in [0.3, 0.4) is 0 Å². The number of imidazole rings is 1. The van der Waals surface area contributed by atoms with Crippen LogP contribution in [-0.4, -0.2) is 54.0 Å². The van der Waals surface area contributed by atoms with Crippen molar-refractivity contribution in [1.29, 1.82) is 0 Å². The lowest BCUT2D eigenvalue weighted by Crippen LogP contribution is -2.42. The summed E-state index contributed by atoms with van der Waals surface area (Å²) >= 11 is 8.37. The van der Waals surface area contributed by atoms with E-state index in [-0.39, 0.29) is 23.0 Å². The van der Waals surface area contributed by atoms with Gasteiger partial charge in [-0.05, 0) is 69.6 Å². The first-order valence-electron chi connectivity index (χ1n) is 11.8. The first-order valence-corrected chi connectivity index (χ1v) is 13.3. The Morgan fingerprint density at radius 3 is 2.52 bits per heavy atom. The van der Waals surface area contributed by atoms with Crippen LogP contribution in [0.25, 0.3) is 11.2 Å². The Balaban J connectivity index is 1.31. The fourth-order valence-electron chi connectivity index (χ4n) is 4.29. The average Bonchev–Trinajstić information content (AvgIpc) is 3.46. The number of aromatic nitrogens is 4. The predicted molar refractivity (Wildman–Crippen MR) is 146 cm³/mol. The van der Waals surface area contributed by atoms with Crippen LogP contribution in [0.15, 0.2) is 54.9 Å². The van der Waals surface area contributed by atoms with Gasteiger partial charge in [0.1, 0.15) is 12.2 Å². The molecule has 0 spiro atoms. The molecule has 0 saturated carbocycles. The van der Waals surface area contributed by atoms with Crippen LogP contribution in [-0.2, 0) is 28.8 Å². The molecule has 40 heavy (non-hydrogen) atoms. The highest BCUT2D eigenvalue weighted by Gasteiger charge is 2.47. The highest BCUT2D eigenvalue weighted by molar-refractivity contribution is 14.1. The van der Waals surface area contributed by atoms with E-state index in [4.69, 9.17) is 16.3 Å². The number of amides is 1. The highest BCUT2D eigenvalue weighted by atomic mass is 127. The monoisotopic (exact) mass is 688 g/mol. The lowest BCUT2D eigenvalue weighted by atomic mass is 10.1. The molecule has 1 saturated heterocycles. The maximum absolute atomic E-state index is 13.0. The number of alkyl halides is 3. The van der Waals surface area contributed by atoms with Crippen LogP contribution in [0, 0.1) is 3.57 Å². The van der Waals surface area contributed by atoms with E-state index < -0.39 is 42.2 Å². The van der Waals surface area contributed by atoms with Gasteiger partial charge in [-0.2, -0.15) is 23.1 Å². The van der Waals surface area contributed by atoms with Gasteiger partial charge in [0.15, 0.2) is 29.3 Å². The number of hydrogen-bond donors (Lipinski definition) is 4. The molecule has 0 bridgehead atoms. The number of carbonyl (C=O) groups is 1. The molecule has 0 aliphatic carbocycles. The van der Waals surface area contributed by atoms with Crippen molar-refractivity contribution in [3.05, 3.63) is 80.4 Å². The van der Waals surface area contributed by atoms with Gasteiger partial charge in [0.2, 0.25) is 5.28 Å². The largest absolute Gasteiger partial charge is 0.416 e. The van der Waals surface area contributed by atoms with Crippen molar-refractivity contribution in [3.63, 3.8) is 0 Å². The fraction of sp³-hybridized carbons (Fsp3) is 0.280. The number of aliphatic hydroxyl groups is 2. The number of nitrogens with zero attached hydrogens (tertiary/aromatic N) is 4. The Hall–Kier alpha value is -3.05. The molecule has 1 amide bonds. The van der Waals surface area contributed by atoms with Gasteiger partial charge in [0, 0.05) is 16.7 Å². The summed E-state index contributed by atoms with van der Waals surface area (Å²) in [5.41, 5.74) is 0.840. The first kappa shape index (κ1) is 28.5. The maximum Gasteiger partial charge on any atom is 0.416 e. The normalized spacial score (nSPS) is 21.1. The summed E-state index contributed by atoms with van der Waals surface area (Å²) in [5, 5.41) is 26.8. The van der Waals surface area contributed by atoms with Crippen LogP contribution in [0.2, 0.25) is 5.28 Å². The number of aliphatic hydroxyl groups excluding tert-OH is 2. The molecule has 1 aliphatic rings. The van der Waals surface area contributed by atoms with Gasteiger partial charge in [-0.25, -0.2) is 4.98 Å². The summed E-state index contributed by atoms with van der Waals surface area (Å²) in [5.74, 6) is -0.487. The van der Waals surface area contributed by atoms with E-state index in [1.165, 1.54) is 23.0 Å². The van der Waals surface area contributed by atoms with E-state index in [9.17, 15) is 28.2 Å². The van der Waals surface area contributed by atoms with Crippen molar-refractivity contribution >= 4 is 57.1 Å². The number of halogens is 5.